The zero-order chi connectivity index (χ0) is 13.1. The monoisotopic (exact) mass is 243 g/mol. The third-order valence-electron chi connectivity index (χ3n) is 3.19. The number of nitrogens with zero attached hydrogens (tertiary/aromatic N) is 2. The summed E-state index contributed by atoms with van der Waals surface area (Å²) < 4.78 is 0. The highest BCUT2D eigenvalue weighted by molar-refractivity contribution is 5.97. The molecule has 2 rings (SSSR count). The van der Waals surface area contributed by atoms with E-state index in [1.807, 2.05) is 19.1 Å². The molecule has 1 heterocycles. The van der Waals surface area contributed by atoms with E-state index in [-0.39, 0.29) is 11.9 Å². The van der Waals surface area contributed by atoms with Crippen molar-refractivity contribution >= 4 is 11.6 Å². The smallest absolute Gasteiger partial charge is 0.243 e. The fraction of sp³-hybridized carbons (Fsp3) is 0.429. The largest absolute Gasteiger partial charge is 0.311 e. The van der Waals surface area contributed by atoms with Gasteiger partial charge in [-0.2, -0.15) is 5.26 Å². The summed E-state index contributed by atoms with van der Waals surface area (Å²) in [6.07, 6.45) is 0. The number of nitrogens with one attached hydrogen (secondary N) is 1. The van der Waals surface area contributed by atoms with Gasteiger partial charge in [0.05, 0.1) is 17.7 Å². The number of carbonyl (C=O) groups is 1. The average Bonchev–Trinajstić information content (AvgIpc) is 2.52. The molecule has 0 saturated carbocycles. The summed E-state index contributed by atoms with van der Waals surface area (Å²) in [6.45, 7) is 5.51. The van der Waals surface area contributed by atoms with E-state index in [9.17, 15) is 4.79 Å². The van der Waals surface area contributed by atoms with Crippen LogP contribution in [0.2, 0.25) is 0 Å². The summed E-state index contributed by atoms with van der Waals surface area (Å²) >= 11 is 0. The summed E-state index contributed by atoms with van der Waals surface area (Å²) in [7, 11) is 0. The minimum Gasteiger partial charge on any atom is -0.311 e. The van der Waals surface area contributed by atoms with Crippen molar-refractivity contribution in [3.8, 4) is 6.07 Å². The number of anilines is 1. The van der Waals surface area contributed by atoms with Gasteiger partial charge in [-0.05, 0) is 31.0 Å². The molecule has 1 aliphatic rings. The Morgan fingerprint density at radius 2 is 2.22 bits per heavy atom. The molecule has 2 unspecified atom stereocenters. The first-order valence-electron chi connectivity index (χ1n) is 6.16. The van der Waals surface area contributed by atoms with E-state index in [0.717, 1.165) is 12.2 Å². The summed E-state index contributed by atoms with van der Waals surface area (Å²) in [6, 6.07) is 9.13. The molecule has 94 valence electrons. The minimum absolute atomic E-state index is 0.0643. The first-order valence-corrected chi connectivity index (χ1v) is 6.16. The van der Waals surface area contributed by atoms with Gasteiger partial charge in [-0.25, -0.2) is 0 Å². The van der Waals surface area contributed by atoms with Crippen molar-refractivity contribution in [1.29, 1.82) is 5.26 Å². The standard InChI is InChI=1S/C14H17N3O/c1-10-8-16-11(2)14(18)17(9-10)13-5-3-4-12(6-13)7-15/h3-6,10-11,16H,8-9H2,1-2H3. The van der Waals surface area contributed by atoms with Gasteiger partial charge in [0.25, 0.3) is 0 Å². The maximum Gasteiger partial charge on any atom is 0.243 e. The highest BCUT2D eigenvalue weighted by Crippen LogP contribution is 2.20. The van der Waals surface area contributed by atoms with Crippen molar-refractivity contribution in [1.82, 2.24) is 5.32 Å². The van der Waals surface area contributed by atoms with Gasteiger partial charge >= 0.3 is 0 Å². The summed E-state index contributed by atoms with van der Waals surface area (Å²) in [5.41, 5.74) is 1.39. The lowest BCUT2D eigenvalue weighted by molar-refractivity contribution is -0.119. The third-order valence-corrected chi connectivity index (χ3v) is 3.19. The molecule has 1 aromatic rings. The number of carbonyl (C=O) groups excluding carboxylic acids is 1. The molecule has 1 saturated heterocycles. The second-order valence-corrected chi connectivity index (χ2v) is 4.85. The van der Waals surface area contributed by atoms with Crippen LogP contribution in [0.4, 0.5) is 5.69 Å². The van der Waals surface area contributed by atoms with Crippen molar-refractivity contribution in [2.24, 2.45) is 5.92 Å². The summed E-state index contributed by atoms with van der Waals surface area (Å²) in [5, 5.41) is 12.1. The highest BCUT2D eigenvalue weighted by atomic mass is 16.2. The van der Waals surface area contributed by atoms with E-state index in [0.29, 0.717) is 18.0 Å². The predicted octanol–water partition coefficient (Wildman–Crippen LogP) is 1.52. The van der Waals surface area contributed by atoms with Crippen LogP contribution in [0, 0.1) is 17.2 Å². The molecule has 4 heteroatoms. The Labute approximate surface area is 107 Å². The van der Waals surface area contributed by atoms with Crippen LogP contribution in [0.25, 0.3) is 0 Å². The fourth-order valence-corrected chi connectivity index (χ4v) is 2.14. The Balaban J connectivity index is 2.34. The summed E-state index contributed by atoms with van der Waals surface area (Å²) in [5.74, 6) is 0.457. The second-order valence-electron chi connectivity index (χ2n) is 4.85. The molecule has 1 N–H and O–H groups in total. The molecule has 1 fully saturated rings. The Morgan fingerprint density at radius 1 is 1.44 bits per heavy atom. The molecule has 1 aromatic carbocycles. The molecule has 0 spiro atoms. The number of benzene rings is 1. The average molecular weight is 243 g/mol. The summed E-state index contributed by atoms with van der Waals surface area (Å²) in [4.78, 5) is 14.0. The first kappa shape index (κ1) is 12.6. The van der Waals surface area contributed by atoms with Crippen LogP contribution in [0.3, 0.4) is 0 Å². The third kappa shape index (κ3) is 2.52. The molecule has 1 amide bonds. The van der Waals surface area contributed by atoms with Gasteiger partial charge < -0.3 is 10.2 Å². The molecule has 0 bridgehead atoms. The van der Waals surface area contributed by atoms with E-state index < -0.39 is 0 Å². The lowest BCUT2D eigenvalue weighted by atomic mass is 10.1. The van der Waals surface area contributed by atoms with Crippen molar-refractivity contribution in [2.45, 2.75) is 19.9 Å². The Kier molecular flexibility index (Phi) is 3.63. The fourth-order valence-electron chi connectivity index (χ4n) is 2.14. The van der Waals surface area contributed by atoms with Gasteiger partial charge in [0.15, 0.2) is 0 Å². The van der Waals surface area contributed by atoms with Crippen LogP contribution < -0.4 is 10.2 Å². The molecule has 0 aliphatic carbocycles. The van der Waals surface area contributed by atoms with E-state index in [2.05, 4.69) is 18.3 Å². The van der Waals surface area contributed by atoms with Crippen molar-refractivity contribution in [3.63, 3.8) is 0 Å². The van der Waals surface area contributed by atoms with Gasteiger partial charge in [0, 0.05) is 18.8 Å². The molecule has 2 atom stereocenters. The van der Waals surface area contributed by atoms with Crippen molar-refractivity contribution < 1.29 is 4.79 Å². The minimum atomic E-state index is -0.180. The normalized spacial score (nSPS) is 24.5. The van der Waals surface area contributed by atoms with Crippen LogP contribution in [0.15, 0.2) is 24.3 Å². The molecular weight excluding hydrogens is 226 g/mol. The Bertz CT molecular complexity index is 492. The van der Waals surface area contributed by atoms with Gasteiger partial charge in [0.2, 0.25) is 5.91 Å². The van der Waals surface area contributed by atoms with Crippen LogP contribution in [-0.2, 0) is 4.79 Å². The molecular formula is C14H17N3O. The number of rotatable bonds is 1. The van der Waals surface area contributed by atoms with E-state index >= 15 is 0 Å². The van der Waals surface area contributed by atoms with Gasteiger partial charge in [-0.3, -0.25) is 4.79 Å². The first-order chi connectivity index (χ1) is 8.61. The number of amides is 1. The maximum absolute atomic E-state index is 12.3. The molecule has 4 nitrogen and oxygen atoms in total. The number of nitriles is 1. The van der Waals surface area contributed by atoms with Crippen LogP contribution in [-0.4, -0.2) is 25.0 Å². The molecule has 18 heavy (non-hydrogen) atoms. The molecule has 1 aliphatic heterocycles. The van der Waals surface area contributed by atoms with E-state index in [4.69, 9.17) is 5.26 Å². The van der Waals surface area contributed by atoms with Gasteiger partial charge in [0.1, 0.15) is 0 Å². The zero-order valence-corrected chi connectivity index (χ0v) is 10.7. The zero-order valence-electron chi connectivity index (χ0n) is 10.7. The topological polar surface area (TPSA) is 56.1 Å². The molecule has 0 radical (unpaired) electrons. The lowest BCUT2D eigenvalue weighted by Crippen LogP contribution is -2.41. The quantitative estimate of drug-likeness (QED) is 0.813. The van der Waals surface area contributed by atoms with Gasteiger partial charge in [-0.1, -0.05) is 13.0 Å². The lowest BCUT2D eigenvalue weighted by Gasteiger charge is -2.24. The highest BCUT2D eigenvalue weighted by Gasteiger charge is 2.27. The van der Waals surface area contributed by atoms with Crippen LogP contribution in [0.1, 0.15) is 19.4 Å². The predicted molar refractivity (Wildman–Crippen MR) is 70.1 cm³/mol. The molecule has 0 aromatic heterocycles. The van der Waals surface area contributed by atoms with Crippen molar-refractivity contribution in [3.05, 3.63) is 29.8 Å². The van der Waals surface area contributed by atoms with Crippen LogP contribution in [0.5, 0.6) is 0 Å². The number of hydrogen-bond acceptors (Lipinski definition) is 3. The maximum atomic E-state index is 12.3. The van der Waals surface area contributed by atoms with Gasteiger partial charge in [-0.15, -0.1) is 0 Å². The Morgan fingerprint density at radius 3 is 2.94 bits per heavy atom. The number of hydrogen-bond donors (Lipinski definition) is 1. The second kappa shape index (κ2) is 5.19. The van der Waals surface area contributed by atoms with Crippen molar-refractivity contribution in [2.75, 3.05) is 18.0 Å². The SMILES string of the molecule is CC1CNC(C)C(=O)N(c2cccc(C#N)c2)C1. The van der Waals surface area contributed by atoms with E-state index in [1.54, 1.807) is 17.0 Å². The van der Waals surface area contributed by atoms with E-state index in [1.165, 1.54) is 0 Å². The Hall–Kier alpha value is -1.86. The van der Waals surface area contributed by atoms with Crippen LogP contribution >= 0.6 is 0 Å².